The quantitative estimate of drug-likeness (QED) is 0.647. The van der Waals surface area contributed by atoms with Crippen LogP contribution < -0.4 is 5.73 Å². The van der Waals surface area contributed by atoms with Crippen molar-refractivity contribution in [3.63, 3.8) is 0 Å². The van der Waals surface area contributed by atoms with E-state index in [2.05, 4.69) is 19.6 Å². The van der Waals surface area contributed by atoms with Gasteiger partial charge in [0.15, 0.2) is 0 Å². The Bertz CT molecular complexity index is 53.7. The van der Waals surface area contributed by atoms with Gasteiger partial charge in [-0.3, -0.25) is 4.79 Å². The van der Waals surface area contributed by atoms with Crippen molar-refractivity contribution >= 4 is 5.91 Å². The van der Waals surface area contributed by atoms with Crippen molar-refractivity contribution in [3.05, 3.63) is 0 Å². The zero-order valence-electron chi connectivity index (χ0n) is 7.31. The van der Waals surface area contributed by atoms with Crippen LogP contribution in [0.15, 0.2) is 0 Å². The number of rotatable bonds is 0. The van der Waals surface area contributed by atoms with E-state index in [9.17, 15) is 4.79 Å². The monoisotopic (exact) mass is 245 g/mol. The van der Waals surface area contributed by atoms with E-state index < -0.39 is 0 Å². The molecular weight excluding hydrogens is 233 g/mol. The standard InChI is InChI=1S/C2H5NO.2C2H5.2Zn/c1-2(3)4;2*1-2;;/h1H3,(H2,3,4);2*1H2,2H3;;. The molecule has 0 spiro atoms. The first-order chi connectivity index (χ1) is 4.56. The fourth-order valence-corrected chi connectivity index (χ4v) is 0. The van der Waals surface area contributed by atoms with Crippen LogP contribution in [-0.4, -0.2) is 5.91 Å². The predicted octanol–water partition coefficient (Wildman–Crippen LogP) is 1.43. The minimum absolute atomic E-state index is 0.333. The van der Waals surface area contributed by atoms with Crippen molar-refractivity contribution in [2.45, 2.75) is 30.8 Å². The molecule has 0 aromatic carbocycles. The molecule has 1 amide bonds. The van der Waals surface area contributed by atoms with E-state index >= 15 is 0 Å². The Morgan fingerprint density at radius 1 is 1.30 bits per heavy atom. The van der Waals surface area contributed by atoms with Gasteiger partial charge in [0.1, 0.15) is 0 Å². The van der Waals surface area contributed by atoms with E-state index in [0.717, 1.165) is 0 Å². The third kappa shape index (κ3) is 1010. The summed E-state index contributed by atoms with van der Waals surface area (Å²) in [5.74, 6) is -0.333. The number of hydrogen-bond acceptors (Lipinski definition) is 1. The molecule has 2 nitrogen and oxygen atoms in total. The Balaban J connectivity index is -0.0000000750. The van der Waals surface area contributed by atoms with Crippen LogP contribution in [0.4, 0.5) is 0 Å². The van der Waals surface area contributed by atoms with Crippen LogP contribution in [0.5, 0.6) is 0 Å². The van der Waals surface area contributed by atoms with Gasteiger partial charge in [-0.15, -0.1) is 0 Å². The Kier molecular flexibility index (Phi) is 38.4. The molecule has 54 valence electrons. The minimum atomic E-state index is -0.333. The Morgan fingerprint density at radius 2 is 1.30 bits per heavy atom. The van der Waals surface area contributed by atoms with Gasteiger partial charge >= 0.3 is 60.5 Å². The Labute approximate surface area is 83.7 Å². The molecule has 0 bridgehead atoms. The number of amides is 1. The molecule has 0 aliphatic carbocycles. The van der Waals surface area contributed by atoms with Crippen LogP contribution in [0.2, 0.25) is 10.0 Å². The van der Waals surface area contributed by atoms with Crippen molar-refractivity contribution in [2.75, 3.05) is 0 Å². The number of hydrogen-bond donors (Lipinski definition) is 1. The first kappa shape index (κ1) is 17.0. The molecule has 0 saturated carbocycles. The molecule has 0 atom stereocenters. The Morgan fingerprint density at radius 3 is 1.30 bits per heavy atom. The number of carbonyl (C=O) groups excluding carboxylic acids is 1. The van der Waals surface area contributed by atoms with Gasteiger partial charge < -0.3 is 5.73 Å². The van der Waals surface area contributed by atoms with Gasteiger partial charge in [0, 0.05) is 6.92 Å². The zero-order valence-corrected chi connectivity index (χ0v) is 13.2. The van der Waals surface area contributed by atoms with Crippen LogP contribution in [0.3, 0.4) is 0 Å². The number of primary amides is 1. The average molecular weight is 248 g/mol. The van der Waals surface area contributed by atoms with E-state index in [1.165, 1.54) is 53.6 Å². The van der Waals surface area contributed by atoms with Crippen LogP contribution in [0.25, 0.3) is 0 Å². The van der Waals surface area contributed by atoms with Crippen molar-refractivity contribution in [1.82, 2.24) is 0 Å². The molecule has 0 aromatic rings. The summed E-state index contributed by atoms with van der Waals surface area (Å²) < 4.78 is 0. The summed E-state index contributed by atoms with van der Waals surface area (Å²) in [6.07, 6.45) is 0. The Hall–Kier alpha value is 0.717. The first-order valence-electron chi connectivity index (χ1n) is 3.41. The normalized spacial score (nSPS) is 6.30. The summed E-state index contributed by atoms with van der Waals surface area (Å²) in [6.45, 7) is 5.67. The van der Waals surface area contributed by atoms with Crippen LogP contribution in [-0.2, 0) is 41.4 Å². The van der Waals surface area contributed by atoms with Gasteiger partial charge in [-0.05, 0) is 0 Å². The second-order valence-electron chi connectivity index (χ2n) is 1.61. The molecule has 2 N–H and O–H groups in total. The summed E-state index contributed by atoms with van der Waals surface area (Å²) in [5, 5.41) is 2.75. The summed E-state index contributed by atoms with van der Waals surface area (Å²) in [6, 6.07) is 0. The number of carbonyl (C=O) groups is 1. The SMILES string of the molecule is CC(N)=O.C[CH2][Zn].C[CH2][Zn]. The van der Waals surface area contributed by atoms with Gasteiger partial charge in [-0.1, -0.05) is 0 Å². The molecule has 0 saturated heterocycles. The molecule has 0 fully saturated rings. The van der Waals surface area contributed by atoms with Crippen LogP contribution in [0.1, 0.15) is 20.8 Å². The van der Waals surface area contributed by atoms with Gasteiger partial charge in [-0.2, -0.15) is 0 Å². The maximum atomic E-state index is 9.22. The van der Waals surface area contributed by atoms with Crippen molar-refractivity contribution < 1.29 is 41.4 Å². The van der Waals surface area contributed by atoms with E-state index in [0.29, 0.717) is 0 Å². The second kappa shape index (κ2) is 22.6. The second-order valence-corrected chi connectivity index (χ2v) is 5.81. The summed E-state index contributed by atoms with van der Waals surface area (Å²) in [7, 11) is 0. The van der Waals surface area contributed by atoms with Crippen molar-refractivity contribution in [3.8, 4) is 0 Å². The molecule has 0 radical (unpaired) electrons. The van der Waals surface area contributed by atoms with Crippen LogP contribution >= 0.6 is 0 Å². The molecular formula is C6H15NOZn2. The summed E-state index contributed by atoms with van der Waals surface area (Å²) >= 11 is 2.89. The fourth-order valence-electron chi connectivity index (χ4n) is 0. The van der Waals surface area contributed by atoms with Gasteiger partial charge in [0.2, 0.25) is 5.91 Å². The van der Waals surface area contributed by atoms with E-state index in [1.807, 2.05) is 0 Å². The van der Waals surface area contributed by atoms with E-state index in [4.69, 9.17) is 0 Å². The van der Waals surface area contributed by atoms with Gasteiger partial charge in [0.05, 0.1) is 0 Å². The van der Waals surface area contributed by atoms with Crippen molar-refractivity contribution in [1.29, 1.82) is 0 Å². The molecule has 10 heavy (non-hydrogen) atoms. The third-order valence-electron chi connectivity index (χ3n) is 0. The summed E-state index contributed by atoms with van der Waals surface area (Å²) in [4.78, 5) is 9.22. The topological polar surface area (TPSA) is 43.1 Å². The molecule has 0 aliphatic heterocycles. The zero-order chi connectivity index (χ0) is 8.99. The van der Waals surface area contributed by atoms with Crippen molar-refractivity contribution in [2.24, 2.45) is 5.73 Å². The summed E-state index contributed by atoms with van der Waals surface area (Å²) in [5.41, 5.74) is 4.47. The third-order valence-corrected chi connectivity index (χ3v) is 0. The van der Waals surface area contributed by atoms with Gasteiger partial charge in [0.25, 0.3) is 0 Å². The average Bonchev–Trinajstić information content (AvgIpc) is 1.65. The number of nitrogens with two attached hydrogens (primary N) is 1. The molecule has 0 rings (SSSR count). The molecule has 4 heteroatoms. The molecule has 0 unspecified atom stereocenters. The van der Waals surface area contributed by atoms with Gasteiger partial charge in [-0.25, -0.2) is 0 Å². The molecule has 0 heterocycles. The fraction of sp³-hybridized carbons (Fsp3) is 0.833. The van der Waals surface area contributed by atoms with E-state index in [1.54, 1.807) is 0 Å². The maximum absolute atomic E-state index is 9.22. The predicted molar refractivity (Wildman–Crippen MR) is 35.8 cm³/mol. The molecule has 0 aromatic heterocycles. The molecule has 0 aliphatic rings. The van der Waals surface area contributed by atoms with E-state index in [-0.39, 0.29) is 5.91 Å². The van der Waals surface area contributed by atoms with Crippen LogP contribution in [0, 0.1) is 0 Å². The first-order valence-corrected chi connectivity index (χ1v) is 7.60.